The molecule has 0 aliphatic heterocycles. The predicted molar refractivity (Wildman–Crippen MR) is 82.0 cm³/mol. The average molecular weight is 274 g/mol. The maximum absolute atomic E-state index is 6.35. The van der Waals surface area contributed by atoms with Crippen molar-refractivity contribution in [2.45, 2.75) is 53.1 Å². The molecule has 0 amide bonds. The van der Waals surface area contributed by atoms with Crippen LogP contribution < -0.4 is 10.1 Å². The van der Waals surface area contributed by atoms with Crippen LogP contribution in [-0.2, 0) is 0 Å². The number of nitrogens with zero attached hydrogens (tertiary/aromatic N) is 1. The number of ether oxygens (including phenoxy) is 1. The van der Waals surface area contributed by atoms with Gasteiger partial charge in [-0.05, 0) is 43.6 Å². The van der Waals surface area contributed by atoms with E-state index in [1.165, 1.54) is 19.3 Å². The number of hydrogen-bond acceptors (Lipinski definition) is 3. The summed E-state index contributed by atoms with van der Waals surface area (Å²) in [5, 5.41) is 3.24. The van der Waals surface area contributed by atoms with E-state index in [1.54, 1.807) is 0 Å². The topological polar surface area (TPSA) is 34.1 Å². The summed E-state index contributed by atoms with van der Waals surface area (Å²) in [5.74, 6) is 2.66. The van der Waals surface area contributed by atoms with Gasteiger partial charge < -0.3 is 10.1 Å². The SMILES string of the molecule is CCNc1cc(OC2CC3CCC2(C)C3(C)C)ccn1. The molecule has 2 fully saturated rings. The fourth-order valence-corrected chi connectivity index (χ4v) is 4.23. The van der Waals surface area contributed by atoms with Gasteiger partial charge in [0.2, 0.25) is 0 Å². The number of pyridine rings is 1. The highest BCUT2D eigenvalue weighted by Gasteiger charge is 2.62. The van der Waals surface area contributed by atoms with Crippen LogP contribution in [0.5, 0.6) is 5.75 Å². The standard InChI is InChI=1S/C17H26N2O/c1-5-18-15-11-13(7-9-19-15)20-14-10-12-6-8-17(14,4)16(12,2)3/h7,9,11-12,14H,5-6,8,10H2,1-4H3,(H,18,19). The Morgan fingerprint density at radius 1 is 1.40 bits per heavy atom. The normalized spacial score (nSPS) is 34.2. The van der Waals surface area contributed by atoms with E-state index in [0.717, 1.165) is 24.0 Å². The molecular weight excluding hydrogens is 248 g/mol. The van der Waals surface area contributed by atoms with Crippen LogP contribution in [-0.4, -0.2) is 17.6 Å². The average Bonchev–Trinajstić information content (AvgIpc) is 2.73. The molecule has 3 unspecified atom stereocenters. The molecule has 0 spiro atoms. The van der Waals surface area contributed by atoms with Gasteiger partial charge in [0.15, 0.2) is 0 Å². The molecule has 3 rings (SSSR count). The van der Waals surface area contributed by atoms with Crippen LogP contribution in [0.3, 0.4) is 0 Å². The maximum Gasteiger partial charge on any atom is 0.129 e. The van der Waals surface area contributed by atoms with Gasteiger partial charge in [-0.1, -0.05) is 20.8 Å². The Bertz CT molecular complexity index is 500. The first-order valence-electron chi connectivity index (χ1n) is 7.84. The van der Waals surface area contributed by atoms with Crippen molar-refractivity contribution in [2.75, 3.05) is 11.9 Å². The van der Waals surface area contributed by atoms with E-state index < -0.39 is 0 Å². The fraction of sp³-hybridized carbons (Fsp3) is 0.706. The molecule has 1 aromatic heterocycles. The molecule has 1 heterocycles. The zero-order valence-corrected chi connectivity index (χ0v) is 13.1. The van der Waals surface area contributed by atoms with Crippen molar-refractivity contribution >= 4 is 5.82 Å². The lowest BCUT2D eigenvalue weighted by Gasteiger charge is -2.38. The van der Waals surface area contributed by atoms with Gasteiger partial charge in [-0.3, -0.25) is 0 Å². The molecule has 0 aromatic carbocycles. The monoisotopic (exact) mass is 274 g/mol. The number of hydrogen-bond donors (Lipinski definition) is 1. The van der Waals surface area contributed by atoms with E-state index in [2.05, 4.69) is 38.0 Å². The highest BCUT2D eigenvalue weighted by atomic mass is 16.5. The molecular formula is C17H26N2O. The Morgan fingerprint density at radius 2 is 2.20 bits per heavy atom. The third-order valence-electron chi connectivity index (χ3n) is 6.08. The summed E-state index contributed by atoms with van der Waals surface area (Å²) in [6, 6.07) is 4.00. The van der Waals surface area contributed by atoms with Gasteiger partial charge in [0.25, 0.3) is 0 Å². The van der Waals surface area contributed by atoms with Crippen molar-refractivity contribution in [3.8, 4) is 5.75 Å². The van der Waals surface area contributed by atoms with Gasteiger partial charge in [0, 0.05) is 24.2 Å². The van der Waals surface area contributed by atoms with Gasteiger partial charge in [0.05, 0.1) is 0 Å². The summed E-state index contributed by atoms with van der Waals surface area (Å²) in [5.41, 5.74) is 0.703. The van der Waals surface area contributed by atoms with E-state index in [0.29, 0.717) is 16.9 Å². The molecule has 2 saturated carbocycles. The summed E-state index contributed by atoms with van der Waals surface area (Å²) in [6.45, 7) is 10.2. The van der Waals surface area contributed by atoms with Crippen LogP contribution in [0.1, 0.15) is 47.0 Å². The molecule has 0 radical (unpaired) electrons. The molecule has 2 aliphatic carbocycles. The van der Waals surface area contributed by atoms with Gasteiger partial charge in [-0.2, -0.15) is 0 Å². The Balaban J connectivity index is 1.78. The zero-order chi connectivity index (χ0) is 14.4. The summed E-state index contributed by atoms with van der Waals surface area (Å²) in [7, 11) is 0. The molecule has 1 N–H and O–H groups in total. The van der Waals surface area contributed by atoms with Crippen molar-refractivity contribution in [1.82, 2.24) is 4.98 Å². The number of fused-ring (bicyclic) bond motifs is 2. The number of rotatable bonds is 4. The van der Waals surface area contributed by atoms with E-state index in [-0.39, 0.29) is 0 Å². The first-order chi connectivity index (χ1) is 9.47. The zero-order valence-electron chi connectivity index (χ0n) is 13.1. The Kier molecular flexibility index (Phi) is 3.19. The van der Waals surface area contributed by atoms with Crippen molar-refractivity contribution in [2.24, 2.45) is 16.7 Å². The smallest absolute Gasteiger partial charge is 0.129 e. The van der Waals surface area contributed by atoms with E-state index in [9.17, 15) is 0 Å². The molecule has 2 bridgehead atoms. The third kappa shape index (κ3) is 1.90. The lowest BCUT2D eigenvalue weighted by atomic mass is 9.70. The number of anilines is 1. The van der Waals surface area contributed by atoms with Crippen molar-refractivity contribution in [3.63, 3.8) is 0 Å². The van der Waals surface area contributed by atoms with E-state index in [4.69, 9.17) is 4.74 Å². The minimum Gasteiger partial charge on any atom is -0.490 e. The summed E-state index contributed by atoms with van der Waals surface area (Å²) in [4.78, 5) is 4.31. The Hall–Kier alpha value is -1.25. The second-order valence-electron chi connectivity index (χ2n) is 7.12. The van der Waals surface area contributed by atoms with E-state index in [1.807, 2.05) is 18.3 Å². The quantitative estimate of drug-likeness (QED) is 0.897. The second kappa shape index (κ2) is 4.64. The van der Waals surface area contributed by atoms with E-state index >= 15 is 0 Å². The summed E-state index contributed by atoms with van der Waals surface area (Å²) >= 11 is 0. The molecule has 20 heavy (non-hydrogen) atoms. The number of nitrogens with one attached hydrogen (secondary N) is 1. The minimum atomic E-state index is 0.305. The lowest BCUT2D eigenvalue weighted by Crippen LogP contribution is -2.38. The largest absolute Gasteiger partial charge is 0.490 e. The Labute approximate surface area is 122 Å². The molecule has 3 nitrogen and oxygen atoms in total. The first-order valence-corrected chi connectivity index (χ1v) is 7.84. The second-order valence-corrected chi connectivity index (χ2v) is 7.12. The minimum absolute atomic E-state index is 0.305. The van der Waals surface area contributed by atoms with Crippen LogP contribution in [0.15, 0.2) is 18.3 Å². The molecule has 110 valence electrons. The highest BCUT2D eigenvalue weighted by molar-refractivity contribution is 5.40. The van der Waals surface area contributed by atoms with Crippen LogP contribution in [0.25, 0.3) is 0 Å². The summed E-state index contributed by atoms with van der Waals surface area (Å²) < 4.78 is 6.35. The van der Waals surface area contributed by atoms with Gasteiger partial charge >= 0.3 is 0 Å². The molecule has 1 aromatic rings. The van der Waals surface area contributed by atoms with Crippen molar-refractivity contribution in [3.05, 3.63) is 18.3 Å². The van der Waals surface area contributed by atoms with Crippen LogP contribution >= 0.6 is 0 Å². The molecule has 3 heteroatoms. The van der Waals surface area contributed by atoms with Crippen LogP contribution in [0.2, 0.25) is 0 Å². The highest BCUT2D eigenvalue weighted by Crippen LogP contribution is 2.66. The van der Waals surface area contributed by atoms with Crippen LogP contribution in [0, 0.1) is 16.7 Å². The van der Waals surface area contributed by atoms with Crippen molar-refractivity contribution in [1.29, 1.82) is 0 Å². The lowest BCUT2D eigenvalue weighted by molar-refractivity contribution is 0.0302. The van der Waals surface area contributed by atoms with Crippen LogP contribution in [0.4, 0.5) is 5.82 Å². The third-order valence-corrected chi connectivity index (χ3v) is 6.08. The van der Waals surface area contributed by atoms with Gasteiger partial charge in [0.1, 0.15) is 17.7 Å². The molecule has 2 aliphatic rings. The number of aromatic nitrogens is 1. The van der Waals surface area contributed by atoms with Crippen molar-refractivity contribution < 1.29 is 4.74 Å². The molecule has 0 saturated heterocycles. The Morgan fingerprint density at radius 3 is 2.80 bits per heavy atom. The maximum atomic E-state index is 6.35. The predicted octanol–water partition coefficient (Wildman–Crippen LogP) is 4.11. The van der Waals surface area contributed by atoms with Gasteiger partial charge in [-0.15, -0.1) is 0 Å². The van der Waals surface area contributed by atoms with Gasteiger partial charge in [-0.25, -0.2) is 4.98 Å². The summed E-state index contributed by atoms with van der Waals surface area (Å²) in [6.07, 6.45) is 6.02. The fourth-order valence-electron chi connectivity index (χ4n) is 4.23. The molecule has 3 atom stereocenters. The first kappa shape index (κ1) is 13.7.